The molecule has 2 aromatic heterocycles. The van der Waals surface area contributed by atoms with E-state index < -0.39 is 0 Å². The Morgan fingerprint density at radius 2 is 1.97 bits per heavy atom. The quantitative estimate of drug-likeness (QED) is 0.502. The number of fused-ring (bicyclic) bond motifs is 1. The number of carbonyl (C=O) groups is 1. The minimum absolute atomic E-state index is 0.181. The highest BCUT2D eigenvalue weighted by Crippen LogP contribution is 2.35. The maximum absolute atomic E-state index is 12.6. The van der Waals surface area contributed by atoms with Crippen LogP contribution in [-0.4, -0.2) is 47.0 Å². The van der Waals surface area contributed by atoms with Crippen LogP contribution < -0.4 is 10.6 Å². The van der Waals surface area contributed by atoms with Crippen molar-refractivity contribution in [2.75, 3.05) is 31.5 Å². The van der Waals surface area contributed by atoms with Gasteiger partial charge in [0.2, 0.25) is 0 Å². The molecule has 4 aromatic rings. The average Bonchev–Trinajstić information content (AvgIpc) is 3.24. The van der Waals surface area contributed by atoms with Crippen LogP contribution in [0.15, 0.2) is 67.0 Å². The number of aromatic nitrogens is 2. The molecule has 1 saturated heterocycles. The third-order valence-corrected chi connectivity index (χ3v) is 6.45. The lowest BCUT2D eigenvalue weighted by Crippen LogP contribution is -2.42. The Balaban J connectivity index is 1.41. The fourth-order valence-corrected chi connectivity index (χ4v) is 4.85. The first kappa shape index (κ1) is 19.8. The Kier molecular flexibility index (Phi) is 5.71. The molecule has 156 valence electrons. The van der Waals surface area contributed by atoms with Gasteiger partial charge in [0, 0.05) is 50.7 Å². The van der Waals surface area contributed by atoms with E-state index in [1.807, 2.05) is 24.3 Å². The summed E-state index contributed by atoms with van der Waals surface area (Å²) in [5.74, 6) is -0.181. The molecule has 1 aliphatic heterocycles. The molecule has 1 fully saturated rings. The van der Waals surface area contributed by atoms with Crippen LogP contribution in [0.2, 0.25) is 0 Å². The number of hydrogen-bond acceptors (Lipinski definition) is 6. The third kappa shape index (κ3) is 4.49. The maximum Gasteiger partial charge on any atom is 0.257 e. The summed E-state index contributed by atoms with van der Waals surface area (Å²) in [5, 5.41) is 7.31. The molecule has 0 atom stereocenters. The van der Waals surface area contributed by atoms with E-state index in [1.165, 1.54) is 5.56 Å². The van der Waals surface area contributed by atoms with Crippen molar-refractivity contribution in [1.82, 2.24) is 20.2 Å². The van der Waals surface area contributed by atoms with Gasteiger partial charge in [-0.15, -0.1) is 11.3 Å². The van der Waals surface area contributed by atoms with E-state index in [0.29, 0.717) is 5.56 Å². The van der Waals surface area contributed by atoms with E-state index in [9.17, 15) is 4.79 Å². The second-order valence-electron chi connectivity index (χ2n) is 7.59. The summed E-state index contributed by atoms with van der Waals surface area (Å²) in [6.07, 6.45) is 3.22. The molecule has 0 bridgehead atoms. The van der Waals surface area contributed by atoms with Crippen LogP contribution in [0.3, 0.4) is 0 Å². The van der Waals surface area contributed by atoms with Gasteiger partial charge >= 0.3 is 0 Å². The number of anilines is 1. The Morgan fingerprint density at radius 3 is 2.81 bits per heavy atom. The van der Waals surface area contributed by atoms with Crippen LogP contribution in [0, 0.1) is 0 Å². The highest BCUT2D eigenvalue weighted by molar-refractivity contribution is 7.21. The summed E-state index contributed by atoms with van der Waals surface area (Å²) >= 11 is 1.66. The minimum atomic E-state index is -0.181. The predicted octanol–water partition coefficient (Wildman–Crippen LogP) is 4.02. The summed E-state index contributed by atoms with van der Waals surface area (Å²) in [4.78, 5) is 24.0. The van der Waals surface area contributed by atoms with Crippen molar-refractivity contribution in [2.24, 2.45) is 0 Å². The molecule has 0 spiro atoms. The normalized spacial score (nSPS) is 14.6. The van der Waals surface area contributed by atoms with Crippen molar-refractivity contribution in [3.63, 3.8) is 0 Å². The molecule has 6 nitrogen and oxygen atoms in total. The summed E-state index contributed by atoms with van der Waals surface area (Å²) in [6.45, 7) is 5.22. The molecule has 0 aliphatic carbocycles. The van der Waals surface area contributed by atoms with E-state index in [0.717, 1.165) is 59.2 Å². The average molecular weight is 430 g/mol. The number of carbonyl (C=O) groups excluding carboxylic acids is 1. The lowest BCUT2D eigenvalue weighted by molar-refractivity contribution is 0.102. The van der Waals surface area contributed by atoms with Gasteiger partial charge in [0.1, 0.15) is 5.01 Å². The predicted molar refractivity (Wildman–Crippen MR) is 125 cm³/mol. The Labute approximate surface area is 185 Å². The minimum Gasteiger partial charge on any atom is -0.321 e. The first-order valence-electron chi connectivity index (χ1n) is 10.4. The molecule has 31 heavy (non-hydrogen) atoms. The first-order valence-corrected chi connectivity index (χ1v) is 11.2. The zero-order valence-corrected chi connectivity index (χ0v) is 17.9. The molecule has 0 radical (unpaired) electrons. The molecule has 0 saturated carbocycles. The number of para-hydroxylation sites is 1. The molecule has 2 aromatic carbocycles. The Morgan fingerprint density at radius 1 is 1.10 bits per heavy atom. The van der Waals surface area contributed by atoms with E-state index >= 15 is 0 Å². The van der Waals surface area contributed by atoms with Crippen molar-refractivity contribution in [3.8, 4) is 10.6 Å². The Hall–Kier alpha value is -3.13. The summed E-state index contributed by atoms with van der Waals surface area (Å²) in [5.41, 5.74) is 4.49. The fraction of sp³-hybridized carbons (Fsp3) is 0.208. The number of nitrogens with one attached hydrogen (secondary N) is 2. The van der Waals surface area contributed by atoms with Crippen LogP contribution >= 0.6 is 11.3 Å². The van der Waals surface area contributed by atoms with Gasteiger partial charge in [-0.25, -0.2) is 4.98 Å². The van der Waals surface area contributed by atoms with E-state index in [2.05, 4.69) is 38.7 Å². The van der Waals surface area contributed by atoms with Gasteiger partial charge in [-0.3, -0.25) is 14.7 Å². The maximum atomic E-state index is 12.6. The van der Waals surface area contributed by atoms with Crippen LogP contribution in [0.1, 0.15) is 15.9 Å². The van der Waals surface area contributed by atoms with Gasteiger partial charge in [0.15, 0.2) is 0 Å². The molecule has 0 unspecified atom stereocenters. The van der Waals surface area contributed by atoms with Crippen molar-refractivity contribution >= 4 is 33.1 Å². The van der Waals surface area contributed by atoms with Gasteiger partial charge in [0.05, 0.1) is 21.5 Å². The standard InChI is InChI=1S/C24H23N5OS/c30-23(18-4-3-9-26-15-18)27-20-6-2-1-5-19(20)24-28-21-8-7-17(14-22(21)31-24)16-29-12-10-25-11-13-29/h1-9,14-15,25H,10-13,16H2,(H,27,30). The Bertz CT molecular complexity index is 1200. The zero-order chi connectivity index (χ0) is 21.0. The van der Waals surface area contributed by atoms with Crippen LogP contribution in [0.25, 0.3) is 20.8 Å². The monoisotopic (exact) mass is 429 g/mol. The third-order valence-electron chi connectivity index (χ3n) is 5.40. The van der Waals surface area contributed by atoms with Gasteiger partial charge in [-0.2, -0.15) is 0 Å². The van der Waals surface area contributed by atoms with Gasteiger partial charge in [0.25, 0.3) is 5.91 Å². The summed E-state index contributed by atoms with van der Waals surface area (Å²) in [6, 6.07) is 17.8. The van der Waals surface area contributed by atoms with Crippen molar-refractivity contribution in [1.29, 1.82) is 0 Å². The molecule has 1 amide bonds. The SMILES string of the molecule is O=C(Nc1ccccc1-c1nc2ccc(CN3CCNCC3)cc2s1)c1cccnc1. The van der Waals surface area contributed by atoms with Crippen molar-refractivity contribution < 1.29 is 4.79 Å². The molecule has 3 heterocycles. The number of amides is 1. The smallest absolute Gasteiger partial charge is 0.257 e. The summed E-state index contributed by atoms with van der Waals surface area (Å²) < 4.78 is 1.16. The van der Waals surface area contributed by atoms with Crippen LogP contribution in [0.4, 0.5) is 5.69 Å². The molecule has 7 heteroatoms. The zero-order valence-electron chi connectivity index (χ0n) is 17.0. The van der Waals surface area contributed by atoms with Gasteiger partial charge in [-0.05, 0) is 42.0 Å². The lowest BCUT2D eigenvalue weighted by Gasteiger charge is -2.27. The van der Waals surface area contributed by atoms with E-state index in [4.69, 9.17) is 4.98 Å². The lowest BCUT2D eigenvalue weighted by atomic mass is 10.1. The number of piperazine rings is 1. The fourth-order valence-electron chi connectivity index (χ4n) is 3.78. The number of nitrogens with zero attached hydrogens (tertiary/aromatic N) is 3. The second kappa shape index (κ2) is 8.93. The highest BCUT2D eigenvalue weighted by atomic mass is 32.1. The van der Waals surface area contributed by atoms with Crippen molar-refractivity contribution in [3.05, 3.63) is 78.1 Å². The highest BCUT2D eigenvalue weighted by Gasteiger charge is 2.15. The number of hydrogen-bond donors (Lipinski definition) is 2. The van der Waals surface area contributed by atoms with Crippen LogP contribution in [0.5, 0.6) is 0 Å². The number of benzene rings is 2. The molecule has 1 aliphatic rings. The number of rotatable bonds is 5. The second-order valence-corrected chi connectivity index (χ2v) is 8.62. The molecular weight excluding hydrogens is 406 g/mol. The van der Waals surface area contributed by atoms with Crippen LogP contribution in [-0.2, 0) is 6.54 Å². The molecule has 5 rings (SSSR count). The molecule has 2 N–H and O–H groups in total. The first-order chi connectivity index (χ1) is 15.3. The largest absolute Gasteiger partial charge is 0.321 e. The molecular formula is C24H23N5OS. The summed E-state index contributed by atoms with van der Waals surface area (Å²) in [7, 11) is 0. The number of pyridine rings is 1. The topological polar surface area (TPSA) is 70.2 Å². The van der Waals surface area contributed by atoms with E-state index in [-0.39, 0.29) is 5.91 Å². The van der Waals surface area contributed by atoms with Crippen molar-refractivity contribution in [2.45, 2.75) is 6.54 Å². The van der Waals surface area contributed by atoms with E-state index in [1.54, 1.807) is 35.9 Å². The number of thiazole rings is 1. The van der Waals surface area contributed by atoms with Gasteiger partial charge < -0.3 is 10.6 Å². The van der Waals surface area contributed by atoms with Gasteiger partial charge in [-0.1, -0.05) is 18.2 Å².